The summed E-state index contributed by atoms with van der Waals surface area (Å²) in [7, 11) is 0. The van der Waals surface area contributed by atoms with Gasteiger partial charge in [0.1, 0.15) is 17.5 Å². The van der Waals surface area contributed by atoms with Gasteiger partial charge in [-0.25, -0.2) is 13.2 Å². The standard InChI is InChI=1S/C30H20ClF6N3O/c31-18-5-3-17(4-6-18)22-2-1-9-39-27(22)24(12-16-10-20(33)13-21(34)11-16)29(28(38)41,30(35,36)37)25-15-40-26-8-7-19(32)14-23(25)26/h1-11,13-15,24,40H,12H2,(H2,38,41)/t24-,29?/m1/s1. The summed E-state index contributed by atoms with van der Waals surface area (Å²) < 4.78 is 89.6. The van der Waals surface area contributed by atoms with Crippen molar-refractivity contribution in [2.45, 2.75) is 23.9 Å². The molecule has 1 unspecified atom stereocenters. The minimum absolute atomic E-state index is 0.116. The van der Waals surface area contributed by atoms with E-state index < -0.39 is 52.9 Å². The van der Waals surface area contributed by atoms with E-state index in [1.807, 2.05) is 0 Å². The number of nitrogens with two attached hydrogens (primary N) is 1. The maximum Gasteiger partial charge on any atom is 0.407 e. The fourth-order valence-corrected chi connectivity index (χ4v) is 5.52. The molecular formula is C30H20ClF6N3O. The van der Waals surface area contributed by atoms with Crippen LogP contribution in [0.1, 0.15) is 22.7 Å². The Labute approximate surface area is 234 Å². The molecule has 0 saturated carbocycles. The number of nitrogens with one attached hydrogen (secondary N) is 1. The molecule has 2 aromatic heterocycles. The Hall–Kier alpha value is -4.31. The van der Waals surface area contributed by atoms with Gasteiger partial charge in [-0.1, -0.05) is 29.8 Å². The molecule has 0 aliphatic heterocycles. The molecular weight excluding hydrogens is 568 g/mol. The number of pyridine rings is 1. The van der Waals surface area contributed by atoms with Gasteiger partial charge in [0.25, 0.3) is 0 Å². The summed E-state index contributed by atoms with van der Waals surface area (Å²) in [6.45, 7) is 0. The molecule has 3 N–H and O–H groups in total. The van der Waals surface area contributed by atoms with Crippen LogP contribution in [0.25, 0.3) is 22.0 Å². The van der Waals surface area contributed by atoms with Crippen LogP contribution in [0.15, 0.2) is 85.2 Å². The maximum atomic E-state index is 15.6. The van der Waals surface area contributed by atoms with Crippen molar-refractivity contribution in [2.75, 3.05) is 0 Å². The van der Waals surface area contributed by atoms with E-state index in [0.717, 1.165) is 30.5 Å². The number of hydrogen-bond acceptors (Lipinski definition) is 2. The molecule has 0 bridgehead atoms. The fourth-order valence-electron chi connectivity index (χ4n) is 5.39. The highest BCUT2D eigenvalue weighted by atomic mass is 35.5. The molecule has 41 heavy (non-hydrogen) atoms. The number of carbonyl (C=O) groups excluding carboxylic acids is 1. The average Bonchev–Trinajstić information content (AvgIpc) is 3.30. The number of alkyl halides is 3. The number of hydrogen-bond donors (Lipinski definition) is 2. The predicted molar refractivity (Wildman–Crippen MR) is 143 cm³/mol. The fraction of sp³-hybridized carbons (Fsp3) is 0.133. The highest BCUT2D eigenvalue weighted by molar-refractivity contribution is 6.30. The molecule has 0 fully saturated rings. The number of H-pyrrole nitrogens is 1. The molecule has 4 nitrogen and oxygen atoms in total. The van der Waals surface area contributed by atoms with Crippen LogP contribution in [0.2, 0.25) is 5.02 Å². The third kappa shape index (κ3) is 5.04. The third-order valence-corrected chi connectivity index (χ3v) is 7.37. The summed E-state index contributed by atoms with van der Waals surface area (Å²) in [5, 5.41) is 0.133. The van der Waals surface area contributed by atoms with Crippen molar-refractivity contribution >= 4 is 28.4 Å². The topological polar surface area (TPSA) is 71.8 Å². The van der Waals surface area contributed by atoms with Crippen LogP contribution in [-0.4, -0.2) is 22.1 Å². The Kier molecular flexibility index (Phi) is 7.29. The van der Waals surface area contributed by atoms with E-state index in [1.165, 1.54) is 36.5 Å². The van der Waals surface area contributed by atoms with E-state index in [4.69, 9.17) is 17.3 Å². The second-order valence-electron chi connectivity index (χ2n) is 9.54. The lowest BCUT2D eigenvalue weighted by Gasteiger charge is -2.40. The third-order valence-electron chi connectivity index (χ3n) is 7.11. The van der Waals surface area contributed by atoms with Crippen LogP contribution in [0.4, 0.5) is 26.3 Å². The lowest BCUT2D eigenvalue weighted by atomic mass is 9.64. The number of fused-ring (bicyclic) bond motifs is 1. The number of aromatic amines is 1. The van der Waals surface area contributed by atoms with Gasteiger partial charge in [-0.3, -0.25) is 9.78 Å². The summed E-state index contributed by atoms with van der Waals surface area (Å²) in [5.74, 6) is -6.66. The van der Waals surface area contributed by atoms with Crippen molar-refractivity contribution in [1.82, 2.24) is 9.97 Å². The van der Waals surface area contributed by atoms with Gasteiger partial charge in [-0.2, -0.15) is 13.2 Å². The molecule has 0 radical (unpaired) electrons. The molecule has 2 atom stereocenters. The highest BCUT2D eigenvalue weighted by Crippen LogP contribution is 2.54. The Morgan fingerprint density at radius 1 is 0.927 bits per heavy atom. The minimum atomic E-state index is -5.38. The van der Waals surface area contributed by atoms with E-state index in [-0.39, 0.29) is 27.7 Å². The normalized spacial score (nSPS) is 14.1. The van der Waals surface area contributed by atoms with Crippen molar-refractivity contribution in [1.29, 1.82) is 0 Å². The van der Waals surface area contributed by atoms with Crippen LogP contribution in [0.5, 0.6) is 0 Å². The van der Waals surface area contributed by atoms with Gasteiger partial charge in [0.2, 0.25) is 5.91 Å². The zero-order valence-electron chi connectivity index (χ0n) is 20.9. The summed E-state index contributed by atoms with van der Waals surface area (Å²) in [6.07, 6.45) is -3.90. The molecule has 2 heterocycles. The van der Waals surface area contributed by atoms with Crippen molar-refractivity contribution < 1.29 is 31.1 Å². The summed E-state index contributed by atoms with van der Waals surface area (Å²) in [5.41, 5.74) is 1.83. The molecule has 3 aromatic carbocycles. The first-order valence-corrected chi connectivity index (χ1v) is 12.6. The summed E-state index contributed by atoms with van der Waals surface area (Å²) in [4.78, 5) is 20.3. The van der Waals surface area contributed by atoms with Gasteiger partial charge in [0, 0.05) is 51.4 Å². The Balaban J connectivity index is 1.89. The van der Waals surface area contributed by atoms with Gasteiger partial charge in [-0.15, -0.1) is 0 Å². The van der Waals surface area contributed by atoms with E-state index in [2.05, 4.69) is 9.97 Å². The molecule has 5 aromatic rings. The van der Waals surface area contributed by atoms with E-state index in [0.29, 0.717) is 16.7 Å². The van der Waals surface area contributed by atoms with Crippen LogP contribution >= 0.6 is 11.6 Å². The molecule has 0 saturated heterocycles. The monoisotopic (exact) mass is 587 g/mol. The molecule has 0 aliphatic carbocycles. The quantitative estimate of drug-likeness (QED) is 0.192. The highest BCUT2D eigenvalue weighted by Gasteiger charge is 2.66. The van der Waals surface area contributed by atoms with Gasteiger partial charge in [-0.05, 0) is 66.1 Å². The number of amides is 1. The zero-order chi connectivity index (χ0) is 29.5. The molecule has 5 rings (SSSR count). The van der Waals surface area contributed by atoms with Crippen molar-refractivity contribution in [3.63, 3.8) is 0 Å². The SMILES string of the molecule is NC(=O)C(c1c[nH]c2ccc(F)cc12)([C@H](Cc1cc(F)cc(F)c1)c1ncccc1-c1ccc(Cl)cc1)C(F)(F)F. The van der Waals surface area contributed by atoms with Crippen LogP contribution < -0.4 is 5.73 Å². The van der Waals surface area contributed by atoms with Crippen LogP contribution in [-0.2, 0) is 16.6 Å². The Morgan fingerprint density at radius 3 is 2.24 bits per heavy atom. The summed E-state index contributed by atoms with van der Waals surface area (Å²) >= 11 is 6.02. The predicted octanol–water partition coefficient (Wildman–Crippen LogP) is 7.61. The van der Waals surface area contributed by atoms with Gasteiger partial charge in [0.15, 0.2) is 5.41 Å². The number of benzene rings is 3. The second kappa shape index (κ2) is 10.6. The first-order valence-electron chi connectivity index (χ1n) is 12.2. The lowest BCUT2D eigenvalue weighted by Crippen LogP contribution is -2.57. The number of halogens is 7. The number of nitrogens with zero attached hydrogens (tertiary/aromatic N) is 1. The van der Waals surface area contributed by atoms with Crippen molar-refractivity contribution in [3.8, 4) is 11.1 Å². The van der Waals surface area contributed by atoms with E-state index in [9.17, 15) is 18.0 Å². The lowest BCUT2D eigenvalue weighted by molar-refractivity contribution is -0.199. The Morgan fingerprint density at radius 2 is 1.61 bits per heavy atom. The van der Waals surface area contributed by atoms with Crippen LogP contribution in [0.3, 0.4) is 0 Å². The second-order valence-corrected chi connectivity index (χ2v) is 9.98. The van der Waals surface area contributed by atoms with Gasteiger partial charge in [0.05, 0.1) is 5.69 Å². The van der Waals surface area contributed by atoms with E-state index in [1.54, 1.807) is 12.1 Å². The van der Waals surface area contributed by atoms with Gasteiger partial charge < -0.3 is 10.7 Å². The number of aromatic nitrogens is 2. The number of carbonyl (C=O) groups is 1. The summed E-state index contributed by atoms with van der Waals surface area (Å²) in [6, 6.07) is 14.6. The zero-order valence-corrected chi connectivity index (χ0v) is 21.7. The smallest absolute Gasteiger partial charge is 0.369 e. The minimum Gasteiger partial charge on any atom is -0.369 e. The average molecular weight is 588 g/mol. The molecule has 0 aliphatic rings. The maximum absolute atomic E-state index is 15.6. The van der Waals surface area contributed by atoms with Gasteiger partial charge >= 0.3 is 6.18 Å². The first-order chi connectivity index (χ1) is 19.4. The van der Waals surface area contributed by atoms with Crippen molar-refractivity contribution in [2.24, 2.45) is 5.73 Å². The van der Waals surface area contributed by atoms with E-state index >= 15 is 13.2 Å². The molecule has 1 amide bonds. The largest absolute Gasteiger partial charge is 0.407 e. The molecule has 11 heteroatoms. The Bertz CT molecular complexity index is 1730. The number of rotatable bonds is 7. The molecule has 210 valence electrons. The first kappa shape index (κ1) is 28.2. The number of primary amides is 1. The van der Waals surface area contributed by atoms with Crippen LogP contribution in [0, 0.1) is 17.5 Å². The molecule has 0 spiro atoms. The van der Waals surface area contributed by atoms with Crippen molar-refractivity contribution in [3.05, 3.63) is 124 Å².